The zero-order valence-electron chi connectivity index (χ0n) is 9.43. The van der Waals surface area contributed by atoms with Crippen LogP contribution >= 0.6 is 0 Å². The van der Waals surface area contributed by atoms with Crippen LogP contribution in [0.2, 0.25) is 0 Å². The lowest BCUT2D eigenvalue weighted by atomic mass is 10.1. The molecule has 6 nitrogen and oxygen atoms in total. The molecule has 1 rings (SSSR count). The molecule has 0 unspecified atom stereocenters. The minimum Gasteiger partial charge on any atom is -0.494 e. The van der Waals surface area contributed by atoms with E-state index in [0.717, 1.165) is 0 Å². The number of aromatic carboxylic acids is 1. The zero-order chi connectivity index (χ0) is 12.8. The lowest BCUT2D eigenvalue weighted by molar-refractivity contribution is -0.216. The highest BCUT2D eigenvalue weighted by molar-refractivity contribution is 5.95. The van der Waals surface area contributed by atoms with Gasteiger partial charge in [-0.05, 0) is 25.1 Å². The molecule has 0 spiro atoms. The Balaban J connectivity index is 3.11. The first-order chi connectivity index (χ1) is 8.08. The maximum absolute atomic E-state index is 11.4. The van der Waals surface area contributed by atoms with E-state index >= 15 is 0 Å². The summed E-state index contributed by atoms with van der Waals surface area (Å²) in [6.45, 7) is 2.11. The Hall–Kier alpha value is -2.08. The Kier molecular flexibility index (Phi) is 4.47. The van der Waals surface area contributed by atoms with E-state index in [0.29, 0.717) is 6.61 Å². The predicted octanol–water partition coefficient (Wildman–Crippen LogP) is 1.50. The Bertz CT molecular complexity index is 426. The number of rotatable bonds is 5. The molecular formula is C11H12O6. The molecule has 0 aromatic heterocycles. The van der Waals surface area contributed by atoms with E-state index in [2.05, 4.69) is 9.78 Å². The first-order valence-electron chi connectivity index (χ1n) is 4.84. The summed E-state index contributed by atoms with van der Waals surface area (Å²) < 4.78 is 5.15. The number of carbonyl (C=O) groups is 2. The van der Waals surface area contributed by atoms with Gasteiger partial charge in [0.25, 0.3) is 0 Å². The van der Waals surface area contributed by atoms with Gasteiger partial charge in [0.15, 0.2) is 0 Å². The standard InChI is InChI=1S/C11H12O6/c1-3-16-9-5-7(10(12)13)4-8(6-9)11(14)17-15-2/h4-6H,3H2,1-2H3,(H,12,13). The second-order valence-electron chi connectivity index (χ2n) is 3.02. The molecule has 6 heteroatoms. The maximum atomic E-state index is 11.4. The van der Waals surface area contributed by atoms with E-state index in [9.17, 15) is 9.59 Å². The summed E-state index contributed by atoms with van der Waals surface area (Å²) >= 11 is 0. The average molecular weight is 240 g/mol. The van der Waals surface area contributed by atoms with E-state index in [1.165, 1.54) is 25.3 Å². The quantitative estimate of drug-likeness (QED) is 0.620. The van der Waals surface area contributed by atoms with Crippen LogP contribution in [0.25, 0.3) is 0 Å². The van der Waals surface area contributed by atoms with Crippen molar-refractivity contribution < 1.29 is 29.2 Å². The number of carbonyl (C=O) groups excluding carboxylic acids is 1. The highest BCUT2D eigenvalue weighted by Crippen LogP contribution is 2.18. The molecule has 0 amide bonds. The lowest BCUT2D eigenvalue weighted by Crippen LogP contribution is -2.07. The summed E-state index contributed by atoms with van der Waals surface area (Å²) in [5.74, 6) is -1.65. The fourth-order valence-electron chi connectivity index (χ4n) is 1.21. The average Bonchev–Trinajstić information content (AvgIpc) is 2.29. The molecule has 0 saturated carbocycles. The Morgan fingerprint density at radius 2 is 1.88 bits per heavy atom. The van der Waals surface area contributed by atoms with E-state index in [1.54, 1.807) is 6.92 Å². The van der Waals surface area contributed by atoms with Crippen LogP contribution in [0.5, 0.6) is 5.75 Å². The molecule has 0 bridgehead atoms. The maximum Gasteiger partial charge on any atom is 0.373 e. The molecular weight excluding hydrogens is 228 g/mol. The van der Waals surface area contributed by atoms with Crippen LogP contribution in [-0.4, -0.2) is 30.8 Å². The van der Waals surface area contributed by atoms with Gasteiger partial charge >= 0.3 is 11.9 Å². The van der Waals surface area contributed by atoms with E-state index in [1.807, 2.05) is 0 Å². The van der Waals surface area contributed by atoms with Crippen LogP contribution in [0.15, 0.2) is 18.2 Å². The second kappa shape index (κ2) is 5.86. The minimum absolute atomic E-state index is 0.0511. The molecule has 0 aliphatic heterocycles. The van der Waals surface area contributed by atoms with Crippen molar-refractivity contribution in [2.24, 2.45) is 0 Å². The van der Waals surface area contributed by atoms with Gasteiger partial charge in [-0.15, -0.1) is 0 Å². The van der Waals surface area contributed by atoms with E-state index in [4.69, 9.17) is 9.84 Å². The summed E-state index contributed by atoms with van der Waals surface area (Å²) in [5.41, 5.74) is -0.00537. The highest BCUT2D eigenvalue weighted by Gasteiger charge is 2.14. The van der Waals surface area contributed by atoms with Crippen molar-refractivity contribution in [3.63, 3.8) is 0 Å². The molecule has 0 aliphatic carbocycles. The molecule has 1 N–H and O–H groups in total. The van der Waals surface area contributed by atoms with E-state index < -0.39 is 11.9 Å². The molecule has 0 radical (unpaired) electrons. The molecule has 0 heterocycles. The number of hydrogen-bond acceptors (Lipinski definition) is 5. The van der Waals surface area contributed by atoms with Crippen molar-refractivity contribution in [2.75, 3.05) is 13.7 Å². The van der Waals surface area contributed by atoms with Crippen LogP contribution in [0.1, 0.15) is 27.6 Å². The number of carboxylic acids is 1. The van der Waals surface area contributed by atoms with Gasteiger partial charge in [0, 0.05) is 0 Å². The molecule has 1 aromatic carbocycles. The third kappa shape index (κ3) is 3.46. The first-order valence-corrected chi connectivity index (χ1v) is 4.84. The fourth-order valence-corrected chi connectivity index (χ4v) is 1.21. The third-order valence-corrected chi connectivity index (χ3v) is 1.86. The van der Waals surface area contributed by atoms with Crippen molar-refractivity contribution in [2.45, 2.75) is 6.92 Å². The molecule has 0 aliphatic rings. The van der Waals surface area contributed by atoms with Crippen LogP contribution in [0.4, 0.5) is 0 Å². The van der Waals surface area contributed by atoms with Crippen molar-refractivity contribution >= 4 is 11.9 Å². The SMILES string of the molecule is CCOc1cc(C(=O)O)cc(C(=O)OOC)c1. The van der Waals surface area contributed by atoms with Gasteiger partial charge in [-0.1, -0.05) is 0 Å². The van der Waals surface area contributed by atoms with Gasteiger partial charge in [0.05, 0.1) is 24.8 Å². The molecule has 0 atom stereocenters. The van der Waals surface area contributed by atoms with Gasteiger partial charge in [0.2, 0.25) is 0 Å². The lowest BCUT2D eigenvalue weighted by Gasteiger charge is -2.07. The van der Waals surface area contributed by atoms with Crippen molar-refractivity contribution in [3.05, 3.63) is 29.3 Å². The third-order valence-electron chi connectivity index (χ3n) is 1.86. The van der Waals surface area contributed by atoms with Crippen molar-refractivity contribution in [3.8, 4) is 5.75 Å². The van der Waals surface area contributed by atoms with Crippen LogP contribution in [-0.2, 0) is 9.78 Å². The van der Waals surface area contributed by atoms with Crippen LogP contribution < -0.4 is 4.74 Å². The van der Waals surface area contributed by atoms with Crippen LogP contribution in [0, 0.1) is 0 Å². The number of hydrogen-bond donors (Lipinski definition) is 1. The molecule has 1 aromatic rings. The summed E-state index contributed by atoms with van der Waals surface area (Å²) in [4.78, 5) is 30.8. The number of ether oxygens (including phenoxy) is 1. The first kappa shape index (κ1) is 13.0. The zero-order valence-corrected chi connectivity index (χ0v) is 9.43. The van der Waals surface area contributed by atoms with Crippen molar-refractivity contribution in [1.29, 1.82) is 0 Å². The fraction of sp³-hybridized carbons (Fsp3) is 0.273. The number of benzene rings is 1. The van der Waals surface area contributed by atoms with Crippen molar-refractivity contribution in [1.82, 2.24) is 0 Å². The van der Waals surface area contributed by atoms with Gasteiger partial charge in [0.1, 0.15) is 5.75 Å². The topological polar surface area (TPSA) is 82.1 Å². The van der Waals surface area contributed by atoms with E-state index in [-0.39, 0.29) is 16.9 Å². The van der Waals surface area contributed by atoms with Gasteiger partial charge in [-0.2, -0.15) is 4.89 Å². The Morgan fingerprint density at radius 1 is 1.24 bits per heavy atom. The monoisotopic (exact) mass is 240 g/mol. The van der Waals surface area contributed by atoms with Crippen LogP contribution in [0.3, 0.4) is 0 Å². The summed E-state index contributed by atoms with van der Waals surface area (Å²) in [6.07, 6.45) is 0. The minimum atomic E-state index is -1.15. The smallest absolute Gasteiger partial charge is 0.373 e. The Labute approximate surface area is 97.6 Å². The highest BCUT2D eigenvalue weighted by atomic mass is 17.2. The molecule has 0 saturated heterocycles. The summed E-state index contributed by atoms with van der Waals surface area (Å²) in [6, 6.07) is 3.90. The number of carboxylic acid groups (broad SMARTS) is 1. The molecule has 92 valence electrons. The van der Waals surface area contributed by atoms with Gasteiger partial charge in [-0.25, -0.2) is 9.59 Å². The summed E-state index contributed by atoms with van der Waals surface area (Å²) in [7, 11) is 1.18. The molecule has 0 fully saturated rings. The molecule has 17 heavy (non-hydrogen) atoms. The largest absolute Gasteiger partial charge is 0.494 e. The Morgan fingerprint density at radius 3 is 2.41 bits per heavy atom. The second-order valence-corrected chi connectivity index (χ2v) is 3.02. The summed E-state index contributed by atoms with van der Waals surface area (Å²) in [5, 5.41) is 8.87. The van der Waals surface area contributed by atoms with Gasteiger partial charge in [-0.3, -0.25) is 4.89 Å². The van der Waals surface area contributed by atoms with Gasteiger partial charge < -0.3 is 9.84 Å². The normalized spacial score (nSPS) is 9.76. The predicted molar refractivity (Wildman–Crippen MR) is 57.0 cm³/mol.